The number of hydrogen-bond donors (Lipinski definition) is 2. The molecule has 1 aliphatic heterocycles. The highest BCUT2D eigenvalue weighted by Gasteiger charge is 2.41. The molecule has 140 valence electrons. The van der Waals surface area contributed by atoms with Crippen molar-refractivity contribution in [2.24, 2.45) is 7.05 Å². The average molecular weight is 376 g/mol. The molecule has 0 aliphatic carbocycles. The molecule has 3 heterocycles. The highest BCUT2D eigenvalue weighted by molar-refractivity contribution is 7.13. The number of anilines is 1. The molecule has 3 rings (SSSR count). The number of aryl methyl sites for hydroxylation is 1. The zero-order valence-electron chi connectivity index (χ0n) is 15.6. The lowest BCUT2D eigenvalue weighted by atomic mass is 10.0. The van der Waals surface area contributed by atoms with Gasteiger partial charge in [-0.3, -0.25) is 14.8 Å². The first-order chi connectivity index (χ1) is 12.3. The van der Waals surface area contributed by atoms with Crippen molar-refractivity contribution in [3.63, 3.8) is 0 Å². The summed E-state index contributed by atoms with van der Waals surface area (Å²) in [7, 11) is 3.62. The molecule has 0 spiro atoms. The highest BCUT2D eigenvalue weighted by Crippen LogP contribution is 2.33. The standard InChI is InChI=1S/C17H24N6O2S/c1-9(2)13-8-26-17(20-13)21-16(25)19-12-6-14(24)22(4)15(12)11-7-18-23(5)10(11)3/h7-9,12,15H,6H2,1-5H3,(H2,19,20,21,25)/t12-,15+/m1/s1. The lowest BCUT2D eigenvalue weighted by molar-refractivity contribution is -0.127. The van der Waals surface area contributed by atoms with Crippen LogP contribution in [0.3, 0.4) is 0 Å². The van der Waals surface area contributed by atoms with Gasteiger partial charge in [0.1, 0.15) is 0 Å². The maximum Gasteiger partial charge on any atom is 0.321 e. The Hall–Kier alpha value is -2.42. The van der Waals surface area contributed by atoms with Gasteiger partial charge in [-0.2, -0.15) is 5.10 Å². The van der Waals surface area contributed by atoms with Crippen molar-refractivity contribution in [3.05, 3.63) is 28.5 Å². The summed E-state index contributed by atoms with van der Waals surface area (Å²) < 4.78 is 1.77. The third kappa shape index (κ3) is 3.44. The quantitative estimate of drug-likeness (QED) is 0.857. The Kier molecular flexibility index (Phi) is 4.99. The van der Waals surface area contributed by atoms with Crippen LogP contribution in [0.5, 0.6) is 0 Å². The molecule has 1 saturated heterocycles. The number of hydrogen-bond acceptors (Lipinski definition) is 5. The molecule has 1 fully saturated rings. The van der Waals surface area contributed by atoms with Gasteiger partial charge >= 0.3 is 6.03 Å². The molecule has 2 aromatic rings. The van der Waals surface area contributed by atoms with Crippen LogP contribution in [0.25, 0.3) is 0 Å². The number of nitrogens with zero attached hydrogens (tertiary/aromatic N) is 4. The van der Waals surface area contributed by atoms with Gasteiger partial charge in [0.25, 0.3) is 0 Å². The van der Waals surface area contributed by atoms with Crippen molar-refractivity contribution in [2.75, 3.05) is 12.4 Å². The van der Waals surface area contributed by atoms with Crippen LogP contribution in [-0.4, -0.2) is 44.7 Å². The van der Waals surface area contributed by atoms with Crippen LogP contribution in [0.1, 0.15) is 49.2 Å². The van der Waals surface area contributed by atoms with E-state index in [0.717, 1.165) is 17.0 Å². The second kappa shape index (κ2) is 7.06. The zero-order chi connectivity index (χ0) is 19.0. The summed E-state index contributed by atoms with van der Waals surface area (Å²) in [4.78, 5) is 30.7. The Morgan fingerprint density at radius 2 is 2.12 bits per heavy atom. The normalized spacial score (nSPS) is 20.1. The van der Waals surface area contributed by atoms with Crippen molar-refractivity contribution in [3.8, 4) is 0 Å². The Balaban J connectivity index is 1.73. The van der Waals surface area contributed by atoms with E-state index >= 15 is 0 Å². The first-order valence-electron chi connectivity index (χ1n) is 8.55. The van der Waals surface area contributed by atoms with Crippen LogP contribution in [0.15, 0.2) is 11.6 Å². The zero-order valence-corrected chi connectivity index (χ0v) is 16.4. The molecule has 3 amide bonds. The molecule has 9 heteroatoms. The van der Waals surface area contributed by atoms with Crippen LogP contribution < -0.4 is 10.6 Å². The van der Waals surface area contributed by atoms with Gasteiger partial charge in [0.2, 0.25) is 5.91 Å². The Bertz CT molecular complexity index is 827. The molecule has 8 nitrogen and oxygen atoms in total. The first kappa shape index (κ1) is 18.4. The van der Waals surface area contributed by atoms with Gasteiger partial charge in [0, 0.05) is 37.2 Å². The van der Waals surface area contributed by atoms with E-state index < -0.39 is 0 Å². The summed E-state index contributed by atoms with van der Waals surface area (Å²) in [6, 6.07) is -0.904. The van der Waals surface area contributed by atoms with E-state index in [1.165, 1.54) is 11.3 Å². The molecule has 0 unspecified atom stereocenters. The number of aromatic nitrogens is 3. The second-order valence-corrected chi connectivity index (χ2v) is 7.76. The van der Waals surface area contributed by atoms with Gasteiger partial charge in [-0.25, -0.2) is 9.78 Å². The van der Waals surface area contributed by atoms with E-state index in [9.17, 15) is 9.59 Å². The van der Waals surface area contributed by atoms with E-state index in [1.807, 2.05) is 19.4 Å². The summed E-state index contributed by atoms with van der Waals surface area (Å²) in [5.74, 6) is 0.309. The van der Waals surface area contributed by atoms with Gasteiger partial charge in [0.05, 0.1) is 24.0 Å². The molecule has 0 bridgehead atoms. The number of carbonyl (C=O) groups is 2. The fourth-order valence-electron chi connectivity index (χ4n) is 3.14. The fraction of sp³-hybridized carbons (Fsp3) is 0.529. The Morgan fingerprint density at radius 3 is 2.69 bits per heavy atom. The third-order valence-electron chi connectivity index (χ3n) is 4.83. The van der Waals surface area contributed by atoms with E-state index in [-0.39, 0.29) is 30.4 Å². The Morgan fingerprint density at radius 1 is 1.38 bits per heavy atom. The predicted octanol–water partition coefficient (Wildman–Crippen LogP) is 2.40. The fourth-order valence-corrected chi connectivity index (χ4v) is 4.01. The first-order valence-corrected chi connectivity index (χ1v) is 9.43. The number of thiazole rings is 1. The van der Waals surface area contributed by atoms with E-state index in [4.69, 9.17) is 0 Å². The molecule has 2 aromatic heterocycles. The smallest absolute Gasteiger partial charge is 0.321 e. The van der Waals surface area contributed by atoms with E-state index in [1.54, 1.807) is 22.8 Å². The third-order valence-corrected chi connectivity index (χ3v) is 5.60. The van der Waals surface area contributed by atoms with Crippen molar-refractivity contribution >= 4 is 28.4 Å². The summed E-state index contributed by atoms with van der Waals surface area (Å²) in [6.07, 6.45) is 2.02. The van der Waals surface area contributed by atoms with Gasteiger partial charge in [-0.1, -0.05) is 13.8 Å². The Labute approximate surface area is 156 Å². The summed E-state index contributed by atoms with van der Waals surface area (Å²) in [5.41, 5.74) is 2.87. The van der Waals surface area contributed by atoms with Gasteiger partial charge in [0.15, 0.2) is 5.13 Å². The van der Waals surface area contributed by atoms with E-state index in [0.29, 0.717) is 11.0 Å². The summed E-state index contributed by atoms with van der Waals surface area (Å²) >= 11 is 1.39. The SMILES string of the molecule is Cc1c([C@H]2[C@H](NC(=O)Nc3nc(C(C)C)cs3)CC(=O)N2C)cnn1C. The minimum absolute atomic E-state index is 0.0000966. The summed E-state index contributed by atoms with van der Waals surface area (Å²) in [5, 5.41) is 12.5. The molecule has 2 N–H and O–H groups in total. The number of rotatable bonds is 4. The van der Waals surface area contributed by atoms with Crippen LogP contribution in [0.2, 0.25) is 0 Å². The van der Waals surface area contributed by atoms with Crippen molar-refractivity contribution < 1.29 is 9.59 Å². The number of urea groups is 1. The molecule has 0 aromatic carbocycles. The van der Waals surface area contributed by atoms with Crippen molar-refractivity contribution in [1.29, 1.82) is 0 Å². The summed E-state index contributed by atoms with van der Waals surface area (Å²) in [6.45, 7) is 6.07. The van der Waals surface area contributed by atoms with Crippen LogP contribution >= 0.6 is 11.3 Å². The monoisotopic (exact) mass is 376 g/mol. The number of likely N-dealkylation sites (N-methyl/N-ethyl adjacent to an activating group) is 1. The minimum Gasteiger partial charge on any atom is -0.336 e. The van der Waals surface area contributed by atoms with Crippen molar-refractivity contribution in [2.45, 2.75) is 45.2 Å². The molecule has 26 heavy (non-hydrogen) atoms. The van der Waals surface area contributed by atoms with Crippen LogP contribution in [-0.2, 0) is 11.8 Å². The maximum atomic E-state index is 12.4. The topological polar surface area (TPSA) is 92.2 Å². The number of nitrogens with one attached hydrogen (secondary N) is 2. The molecular weight excluding hydrogens is 352 g/mol. The molecule has 0 saturated carbocycles. The maximum absolute atomic E-state index is 12.4. The van der Waals surface area contributed by atoms with Gasteiger partial charge < -0.3 is 10.2 Å². The highest BCUT2D eigenvalue weighted by atomic mass is 32.1. The molecule has 2 atom stereocenters. The largest absolute Gasteiger partial charge is 0.336 e. The van der Waals surface area contributed by atoms with Crippen molar-refractivity contribution in [1.82, 2.24) is 25.0 Å². The molecule has 0 radical (unpaired) electrons. The van der Waals surface area contributed by atoms with E-state index in [2.05, 4.69) is 34.6 Å². The average Bonchev–Trinajstić information content (AvgIpc) is 3.23. The van der Waals surface area contributed by atoms with Gasteiger partial charge in [-0.15, -0.1) is 11.3 Å². The molecule has 1 aliphatic rings. The lowest BCUT2D eigenvalue weighted by Crippen LogP contribution is -2.41. The van der Waals surface area contributed by atoms with Crippen LogP contribution in [0, 0.1) is 6.92 Å². The van der Waals surface area contributed by atoms with Crippen LogP contribution in [0.4, 0.5) is 9.93 Å². The second-order valence-electron chi connectivity index (χ2n) is 6.90. The minimum atomic E-state index is -0.353. The number of likely N-dealkylation sites (tertiary alicyclic amines) is 1. The molecular formula is C17H24N6O2S. The predicted molar refractivity (Wildman–Crippen MR) is 100 cm³/mol. The van der Waals surface area contributed by atoms with Gasteiger partial charge in [-0.05, 0) is 12.8 Å². The lowest BCUT2D eigenvalue weighted by Gasteiger charge is -2.25. The number of carbonyl (C=O) groups excluding carboxylic acids is 2. The number of amides is 3.